The number of likely N-dealkylation sites (N-methyl/N-ethyl adjacent to an activating group) is 1. The van der Waals surface area contributed by atoms with Gasteiger partial charge >= 0.3 is 0 Å². The molecule has 1 aliphatic heterocycles. The molecule has 0 fully saturated rings. The van der Waals surface area contributed by atoms with Crippen LogP contribution < -0.4 is 5.56 Å². The predicted octanol–water partition coefficient (Wildman–Crippen LogP) is 2.37. The number of fused-ring (bicyclic) bond motifs is 2. The van der Waals surface area contributed by atoms with Crippen molar-refractivity contribution in [3.63, 3.8) is 0 Å². The van der Waals surface area contributed by atoms with Crippen LogP contribution in [0, 0.1) is 11.8 Å². The van der Waals surface area contributed by atoms with Crippen molar-refractivity contribution in [3.8, 4) is 11.8 Å². The molecule has 130 valence electrons. The number of hydrogen-bond acceptors (Lipinski definition) is 4. The number of rotatable bonds is 0. The van der Waals surface area contributed by atoms with Gasteiger partial charge in [0.25, 0.3) is 5.56 Å². The van der Waals surface area contributed by atoms with Crippen LogP contribution in [-0.4, -0.2) is 33.0 Å². The standard InChI is InChI=1S/C21H20N4O/c1-21(2)14-24(3)13-19-23-18-12-15(7-9-16-6-4-5-11-22-16)8-10-17(18)20(26)25(19)21/h4-6,8,10-12H,13-14H2,1-3H3. The number of hydrogen-bond donors (Lipinski definition) is 0. The first-order valence-electron chi connectivity index (χ1n) is 8.62. The molecule has 0 saturated carbocycles. The molecule has 0 spiro atoms. The maximum Gasteiger partial charge on any atom is 0.261 e. The van der Waals surface area contributed by atoms with Crippen LogP contribution in [0.3, 0.4) is 0 Å². The molecule has 5 nitrogen and oxygen atoms in total. The third-order valence-electron chi connectivity index (χ3n) is 4.61. The largest absolute Gasteiger partial charge is 0.297 e. The van der Waals surface area contributed by atoms with E-state index >= 15 is 0 Å². The number of benzene rings is 1. The van der Waals surface area contributed by atoms with E-state index in [4.69, 9.17) is 4.98 Å². The summed E-state index contributed by atoms with van der Waals surface area (Å²) in [6.45, 7) is 5.64. The van der Waals surface area contributed by atoms with Crippen LogP contribution in [0.15, 0.2) is 47.4 Å². The topological polar surface area (TPSA) is 51.0 Å². The van der Waals surface area contributed by atoms with Crippen molar-refractivity contribution >= 4 is 10.9 Å². The molecule has 0 amide bonds. The van der Waals surface area contributed by atoms with Gasteiger partial charge in [0.2, 0.25) is 0 Å². The molecule has 1 aromatic carbocycles. The van der Waals surface area contributed by atoms with E-state index in [-0.39, 0.29) is 11.1 Å². The Balaban J connectivity index is 1.83. The van der Waals surface area contributed by atoms with Crippen molar-refractivity contribution in [2.75, 3.05) is 13.6 Å². The first-order chi connectivity index (χ1) is 12.4. The van der Waals surface area contributed by atoms with Crippen molar-refractivity contribution in [2.45, 2.75) is 25.9 Å². The van der Waals surface area contributed by atoms with Crippen LogP contribution in [0.2, 0.25) is 0 Å². The van der Waals surface area contributed by atoms with Gasteiger partial charge in [-0.05, 0) is 57.1 Å². The molecule has 3 aromatic rings. The summed E-state index contributed by atoms with van der Waals surface area (Å²) in [5.41, 5.74) is 1.98. The summed E-state index contributed by atoms with van der Waals surface area (Å²) in [7, 11) is 2.05. The Kier molecular flexibility index (Phi) is 3.86. The van der Waals surface area contributed by atoms with Crippen LogP contribution in [0.5, 0.6) is 0 Å². The number of pyridine rings is 1. The lowest BCUT2D eigenvalue weighted by Gasteiger charge is -2.39. The summed E-state index contributed by atoms with van der Waals surface area (Å²) >= 11 is 0. The van der Waals surface area contributed by atoms with Crippen molar-refractivity contribution in [3.05, 3.63) is 70.0 Å². The molecule has 1 aliphatic rings. The van der Waals surface area contributed by atoms with E-state index in [1.165, 1.54) is 0 Å². The highest BCUT2D eigenvalue weighted by atomic mass is 16.1. The van der Waals surface area contributed by atoms with E-state index in [9.17, 15) is 4.79 Å². The minimum absolute atomic E-state index is 0.0207. The Bertz CT molecular complexity index is 1100. The van der Waals surface area contributed by atoms with Gasteiger partial charge in [0, 0.05) is 18.3 Å². The maximum atomic E-state index is 13.0. The summed E-state index contributed by atoms with van der Waals surface area (Å²) in [6.07, 6.45) is 1.72. The molecule has 2 aromatic heterocycles. The zero-order valence-electron chi connectivity index (χ0n) is 15.2. The van der Waals surface area contributed by atoms with Crippen LogP contribution in [-0.2, 0) is 12.1 Å². The molecule has 5 heteroatoms. The molecule has 0 unspecified atom stereocenters. The molecule has 0 N–H and O–H groups in total. The fourth-order valence-corrected chi connectivity index (χ4v) is 3.64. The van der Waals surface area contributed by atoms with Gasteiger partial charge in [-0.3, -0.25) is 14.3 Å². The highest BCUT2D eigenvalue weighted by Crippen LogP contribution is 2.24. The number of aromatic nitrogens is 3. The Hall–Kier alpha value is -2.97. The number of nitrogens with zero attached hydrogens (tertiary/aromatic N) is 4. The molecular weight excluding hydrogens is 324 g/mol. The third-order valence-corrected chi connectivity index (χ3v) is 4.61. The van der Waals surface area contributed by atoms with E-state index < -0.39 is 0 Å². The summed E-state index contributed by atoms with van der Waals surface area (Å²) in [4.78, 5) is 24.2. The van der Waals surface area contributed by atoms with Crippen LogP contribution in [0.1, 0.15) is 30.9 Å². The van der Waals surface area contributed by atoms with Crippen LogP contribution in [0.25, 0.3) is 10.9 Å². The van der Waals surface area contributed by atoms with E-state index in [0.29, 0.717) is 17.4 Å². The Morgan fingerprint density at radius 2 is 2.00 bits per heavy atom. The monoisotopic (exact) mass is 344 g/mol. The van der Waals surface area contributed by atoms with Crippen LogP contribution in [0.4, 0.5) is 0 Å². The Morgan fingerprint density at radius 1 is 1.15 bits per heavy atom. The molecule has 0 aliphatic carbocycles. The molecule has 0 bridgehead atoms. The summed E-state index contributed by atoms with van der Waals surface area (Å²) in [5.74, 6) is 6.95. The minimum atomic E-state index is -0.280. The second-order valence-corrected chi connectivity index (χ2v) is 7.35. The fourth-order valence-electron chi connectivity index (χ4n) is 3.64. The van der Waals surface area contributed by atoms with Crippen LogP contribution >= 0.6 is 0 Å². The highest BCUT2D eigenvalue weighted by Gasteiger charge is 2.32. The second-order valence-electron chi connectivity index (χ2n) is 7.35. The average molecular weight is 344 g/mol. The second kappa shape index (κ2) is 6.08. The van der Waals surface area contributed by atoms with Gasteiger partial charge in [-0.2, -0.15) is 0 Å². The zero-order chi connectivity index (χ0) is 18.3. The normalized spacial score (nSPS) is 16.0. The average Bonchev–Trinajstić information content (AvgIpc) is 2.59. The van der Waals surface area contributed by atoms with Crippen molar-refractivity contribution in [1.82, 2.24) is 19.4 Å². The fraction of sp³-hybridized carbons (Fsp3) is 0.286. The first-order valence-corrected chi connectivity index (χ1v) is 8.62. The van der Waals surface area contributed by atoms with Gasteiger partial charge < -0.3 is 0 Å². The Morgan fingerprint density at radius 3 is 2.77 bits per heavy atom. The summed E-state index contributed by atoms with van der Waals surface area (Å²) < 4.78 is 1.84. The smallest absolute Gasteiger partial charge is 0.261 e. The van der Waals surface area contributed by atoms with Gasteiger partial charge in [0.05, 0.1) is 23.0 Å². The molecule has 0 radical (unpaired) electrons. The lowest BCUT2D eigenvalue weighted by Crippen LogP contribution is -2.51. The molecule has 26 heavy (non-hydrogen) atoms. The lowest BCUT2D eigenvalue weighted by molar-refractivity contribution is 0.151. The van der Waals surface area contributed by atoms with Crippen molar-refractivity contribution in [1.29, 1.82) is 0 Å². The minimum Gasteiger partial charge on any atom is -0.297 e. The SMILES string of the molecule is CN1Cc2nc3cc(C#Cc4ccccn4)ccc3c(=O)n2C(C)(C)C1. The molecule has 0 saturated heterocycles. The quantitative estimate of drug-likeness (QED) is 0.588. The van der Waals surface area contributed by atoms with Gasteiger partial charge in [-0.15, -0.1) is 0 Å². The summed E-state index contributed by atoms with van der Waals surface area (Å²) in [6, 6.07) is 11.2. The molecular formula is C21H20N4O. The third kappa shape index (κ3) is 2.89. The molecule has 3 heterocycles. The predicted molar refractivity (Wildman–Crippen MR) is 102 cm³/mol. The first kappa shape index (κ1) is 16.5. The van der Waals surface area contributed by atoms with Crippen molar-refractivity contribution < 1.29 is 0 Å². The van der Waals surface area contributed by atoms with E-state index in [0.717, 1.165) is 23.6 Å². The van der Waals surface area contributed by atoms with Gasteiger partial charge in [0.15, 0.2) is 0 Å². The Labute approximate surface area is 152 Å². The van der Waals surface area contributed by atoms with E-state index in [2.05, 4.69) is 42.6 Å². The molecule has 4 rings (SSSR count). The lowest BCUT2D eigenvalue weighted by atomic mass is 10.0. The van der Waals surface area contributed by atoms with Gasteiger partial charge in [-0.25, -0.2) is 9.97 Å². The zero-order valence-corrected chi connectivity index (χ0v) is 15.2. The van der Waals surface area contributed by atoms with Gasteiger partial charge in [-0.1, -0.05) is 12.0 Å². The van der Waals surface area contributed by atoms with Gasteiger partial charge in [0.1, 0.15) is 11.5 Å². The summed E-state index contributed by atoms with van der Waals surface area (Å²) in [5, 5.41) is 0.634. The highest BCUT2D eigenvalue weighted by molar-refractivity contribution is 5.79. The van der Waals surface area contributed by atoms with E-state index in [1.807, 2.05) is 41.0 Å². The van der Waals surface area contributed by atoms with E-state index in [1.54, 1.807) is 6.20 Å². The maximum absolute atomic E-state index is 13.0. The molecule has 0 atom stereocenters. The van der Waals surface area contributed by atoms with Crippen molar-refractivity contribution in [2.24, 2.45) is 0 Å².